The number of rotatable bonds is 8. The lowest BCUT2D eigenvalue weighted by molar-refractivity contribution is 0.0992. The molecule has 0 bridgehead atoms. The first-order valence-electron chi connectivity index (χ1n) is 9.32. The van der Waals surface area contributed by atoms with Crippen molar-refractivity contribution in [3.63, 3.8) is 0 Å². The number of hydrogen-bond donors (Lipinski definition) is 1. The largest absolute Gasteiger partial charge is 0.486 e. The standard InChI is InChI=1S/C23H25NO3/c1-3-4-5-18-8-10-19(11-9-18)24-23(25)22-15-14-21(27-22)16-26-20-12-6-17(2)7-13-20/h6-15H,3-5,16H2,1-2H3,(H,24,25). The fraction of sp³-hybridized carbons (Fsp3) is 0.261. The summed E-state index contributed by atoms with van der Waals surface area (Å²) in [6, 6.07) is 19.2. The maximum atomic E-state index is 12.4. The summed E-state index contributed by atoms with van der Waals surface area (Å²) >= 11 is 0. The van der Waals surface area contributed by atoms with Gasteiger partial charge in [-0.25, -0.2) is 0 Å². The van der Waals surface area contributed by atoms with Crippen LogP contribution in [0.25, 0.3) is 0 Å². The van der Waals surface area contributed by atoms with Crippen molar-refractivity contribution in [2.45, 2.75) is 39.7 Å². The van der Waals surface area contributed by atoms with Gasteiger partial charge in [-0.1, -0.05) is 43.2 Å². The number of carbonyl (C=O) groups excluding carboxylic acids is 1. The van der Waals surface area contributed by atoms with E-state index in [1.54, 1.807) is 12.1 Å². The summed E-state index contributed by atoms with van der Waals surface area (Å²) in [5.41, 5.74) is 3.22. The fourth-order valence-electron chi connectivity index (χ4n) is 2.69. The van der Waals surface area contributed by atoms with Gasteiger partial charge in [0.15, 0.2) is 5.76 Å². The van der Waals surface area contributed by atoms with Crippen LogP contribution in [0.4, 0.5) is 5.69 Å². The molecule has 0 fully saturated rings. The van der Waals surface area contributed by atoms with E-state index in [2.05, 4.69) is 12.2 Å². The van der Waals surface area contributed by atoms with Crippen molar-refractivity contribution < 1.29 is 13.9 Å². The van der Waals surface area contributed by atoms with E-state index in [9.17, 15) is 4.79 Å². The Morgan fingerprint density at radius 2 is 1.74 bits per heavy atom. The van der Waals surface area contributed by atoms with Crippen LogP contribution in [0, 0.1) is 6.92 Å². The first-order chi connectivity index (χ1) is 13.1. The van der Waals surface area contributed by atoms with Crippen LogP contribution in [0.15, 0.2) is 65.1 Å². The van der Waals surface area contributed by atoms with Gasteiger partial charge in [0.2, 0.25) is 0 Å². The Kier molecular flexibility index (Phi) is 6.31. The van der Waals surface area contributed by atoms with E-state index in [0.717, 1.165) is 17.9 Å². The van der Waals surface area contributed by atoms with Gasteiger partial charge in [0, 0.05) is 5.69 Å². The summed E-state index contributed by atoms with van der Waals surface area (Å²) in [5, 5.41) is 2.86. The number of hydrogen-bond acceptors (Lipinski definition) is 3. The molecular formula is C23H25NO3. The average Bonchev–Trinajstić information content (AvgIpc) is 3.16. The van der Waals surface area contributed by atoms with Gasteiger partial charge in [-0.3, -0.25) is 4.79 Å². The van der Waals surface area contributed by atoms with E-state index in [1.807, 2.05) is 55.5 Å². The maximum Gasteiger partial charge on any atom is 0.291 e. The van der Waals surface area contributed by atoms with Gasteiger partial charge in [-0.15, -0.1) is 0 Å². The van der Waals surface area contributed by atoms with Crippen molar-refractivity contribution in [3.05, 3.63) is 83.3 Å². The Hall–Kier alpha value is -3.01. The molecule has 0 saturated carbocycles. The molecule has 0 aliphatic rings. The molecule has 0 spiro atoms. The normalized spacial score (nSPS) is 10.6. The average molecular weight is 363 g/mol. The maximum absolute atomic E-state index is 12.4. The molecule has 4 nitrogen and oxygen atoms in total. The van der Waals surface area contributed by atoms with Crippen LogP contribution < -0.4 is 10.1 Å². The molecule has 2 aromatic carbocycles. The Morgan fingerprint density at radius 1 is 1.00 bits per heavy atom. The van der Waals surface area contributed by atoms with Gasteiger partial charge in [-0.05, 0) is 61.7 Å². The first kappa shape index (κ1) is 18.8. The second-order valence-electron chi connectivity index (χ2n) is 6.62. The van der Waals surface area contributed by atoms with Crippen LogP contribution >= 0.6 is 0 Å². The molecule has 1 N–H and O–H groups in total. The second kappa shape index (κ2) is 9.08. The minimum atomic E-state index is -0.266. The summed E-state index contributed by atoms with van der Waals surface area (Å²) in [4.78, 5) is 12.4. The number of nitrogens with one attached hydrogen (secondary N) is 1. The number of anilines is 1. The number of benzene rings is 2. The lowest BCUT2D eigenvalue weighted by atomic mass is 10.1. The molecular weight excluding hydrogens is 338 g/mol. The Labute approximate surface area is 160 Å². The van der Waals surface area contributed by atoms with E-state index < -0.39 is 0 Å². The summed E-state index contributed by atoms with van der Waals surface area (Å²) in [6.07, 6.45) is 3.41. The third-order valence-corrected chi connectivity index (χ3v) is 4.32. The van der Waals surface area contributed by atoms with Gasteiger partial charge in [0.05, 0.1) is 0 Å². The van der Waals surface area contributed by atoms with E-state index in [0.29, 0.717) is 5.76 Å². The number of ether oxygens (including phenoxy) is 1. The third-order valence-electron chi connectivity index (χ3n) is 4.32. The van der Waals surface area contributed by atoms with Crippen LogP contribution in [-0.2, 0) is 13.0 Å². The van der Waals surface area contributed by atoms with Crippen molar-refractivity contribution in [1.82, 2.24) is 0 Å². The summed E-state index contributed by atoms with van der Waals surface area (Å²) in [5.74, 6) is 1.38. The van der Waals surface area contributed by atoms with E-state index in [4.69, 9.17) is 9.15 Å². The van der Waals surface area contributed by atoms with Crippen LogP contribution in [0.5, 0.6) is 5.75 Å². The molecule has 27 heavy (non-hydrogen) atoms. The molecule has 1 aromatic heterocycles. The molecule has 0 unspecified atom stereocenters. The predicted octanol–water partition coefficient (Wildman–Crippen LogP) is 5.76. The molecule has 0 atom stereocenters. The number of unbranched alkanes of at least 4 members (excludes halogenated alkanes) is 1. The van der Waals surface area contributed by atoms with Crippen molar-refractivity contribution in [3.8, 4) is 5.75 Å². The first-order valence-corrected chi connectivity index (χ1v) is 9.32. The highest BCUT2D eigenvalue weighted by Crippen LogP contribution is 2.17. The van der Waals surface area contributed by atoms with Crippen LogP contribution in [0.1, 0.15) is 47.2 Å². The van der Waals surface area contributed by atoms with Gasteiger partial charge in [0.25, 0.3) is 5.91 Å². The lowest BCUT2D eigenvalue weighted by Gasteiger charge is -2.06. The molecule has 0 aliphatic heterocycles. The lowest BCUT2D eigenvalue weighted by Crippen LogP contribution is -2.10. The molecule has 3 aromatic rings. The highest BCUT2D eigenvalue weighted by molar-refractivity contribution is 6.02. The minimum Gasteiger partial charge on any atom is -0.486 e. The fourth-order valence-corrected chi connectivity index (χ4v) is 2.69. The van der Waals surface area contributed by atoms with Gasteiger partial charge in [0.1, 0.15) is 18.1 Å². The second-order valence-corrected chi connectivity index (χ2v) is 6.62. The molecule has 0 radical (unpaired) electrons. The number of aryl methyl sites for hydroxylation is 2. The number of carbonyl (C=O) groups is 1. The third kappa shape index (κ3) is 5.48. The highest BCUT2D eigenvalue weighted by atomic mass is 16.5. The van der Waals surface area contributed by atoms with Crippen LogP contribution in [0.3, 0.4) is 0 Å². The van der Waals surface area contributed by atoms with E-state index >= 15 is 0 Å². The smallest absolute Gasteiger partial charge is 0.291 e. The molecule has 4 heteroatoms. The minimum absolute atomic E-state index is 0.266. The Morgan fingerprint density at radius 3 is 2.44 bits per heavy atom. The number of furan rings is 1. The van der Waals surface area contributed by atoms with Gasteiger partial charge < -0.3 is 14.5 Å². The molecule has 3 rings (SSSR count). The zero-order chi connectivity index (χ0) is 19.1. The zero-order valence-electron chi connectivity index (χ0n) is 15.8. The molecule has 1 heterocycles. The topological polar surface area (TPSA) is 51.5 Å². The van der Waals surface area contributed by atoms with Gasteiger partial charge >= 0.3 is 0 Å². The Bertz CT molecular complexity index is 863. The monoisotopic (exact) mass is 363 g/mol. The molecule has 0 saturated heterocycles. The predicted molar refractivity (Wildman–Crippen MR) is 107 cm³/mol. The van der Waals surface area contributed by atoms with E-state index in [1.165, 1.54) is 24.0 Å². The molecule has 0 aliphatic carbocycles. The summed E-state index contributed by atoms with van der Waals surface area (Å²) in [6.45, 7) is 4.49. The van der Waals surface area contributed by atoms with Gasteiger partial charge in [-0.2, -0.15) is 0 Å². The van der Waals surface area contributed by atoms with Crippen molar-refractivity contribution in [2.75, 3.05) is 5.32 Å². The van der Waals surface area contributed by atoms with Crippen LogP contribution in [0.2, 0.25) is 0 Å². The van der Waals surface area contributed by atoms with Crippen molar-refractivity contribution >= 4 is 11.6 Å². The van der Waals surface area contributed by atoms with Crippen molar-refractivity contribution in [1.29, 1.82) is 0 Å². The molecule has 1 amide bonds. The summed E-state index contributed by atoms with van der Waals surface area (Å²) in [7, 11) is 0. The quantitative estimate of drug-likeness (QED) is 0.553. The number of amides is 1. The Balaban J connectivity index is 1.54. The highest BCUT2D eigenvalue weighted by Gasteiger charge is 2.12. The van der Waals surface area contributed by atoms with Crippen LogP contribution in [-0.4, -0.2) is 5.91 Å². The SMILES string of the molecule is CCCCc1ccc(NC(=O)c2ccc(COc3ccc(C)cc3)o2)cc1. The van der Waals surface area contributed by atoms with E-state index in [-0.39, 0.29) is 18.3 Å². The molecule has 140 valence electrons. The summed E-state index contributed by atoms with van der Waals surface area (Å²) < 4.78 is 11.3. The zero-order valence-corrected chi connectivity index (χ0v) is 15.8. The van der Waals surface area contributed by atoms with Crippen molar-refractivity contribution in [2.24, 2.45) is 0 Å².